The van der Waals surface area contributed by atoms with Crippen molar-refractivity contribution in [3.05, 3.63) is 88.8 Å². The summed E-state index contributed by atoms with van der Waals surface area (Å²) in [6, 6.07) is 21.3. The van der Waals surface area contributed by atoms with Crippen LogP contribution in [0, 0.1) is 48.5 Å². The van der Waals surface area contributed by atoms with Gasteiger partial charge in [-0.25, -0.2) is 0 Å². The summed E-state index contributed by atoms with van der Waals surface area (Å²) in [7, 11) is 0. The second-order valence-corrected chi connectivity index (χ2v) is 15.0. The first-order chi connectivity index (χ1) is 22.3. The maximum Gasteiger partial charge on any atom is 0.162 e. The SMILES string of the molecule is CCC(CC)C(=O)/C=C(\O)C(CC)CC.Cc1[c-]c(-c2ncc(C#N)c3c2sc2ccc4cc(CC(C)(C)C)ccc4c23)cc(C)c1.[Ir]. The zero-order valence-corrected chi connectivity index (χ0v) is 33.1. The quantitative estimate of drug-likeness (QED) is 0.0912. The molecule has 0 aliphatic heterocycles. The first-order valence-electron chi connectivity index (χ1n) is 17.0. The third-order valence-electron chi connectivity index (χ3n) is 8.88. The molecule has 0 saturated heterocycles. The van der Waals surface area contributed by atoms with Crippen molar-refractivity contribution in [3.8, 4) is 17.3 Å². The number of thiophene rings is 1. The van der Waals surface area contributed by atoms with Gasteiger partial charge in [0.15, 0.2) is 5.78 Å². The molecule has 5 rings (SSSR count). The Labute approximate surface area is 304 Å². The zero-order chi connectivity index (χ0) is 34.5. The van der Waals surface area contributed by atoms with E-state index in [4.69, 9.17) is 4.98 Å². The zero-order valence-electron chi connectivity index (χ0n) is 29.9. The topological polar surface area (TPSA) is 74.0 Å². The summed E-state index contributed by atoms with van der Waals surface area (Å²) in [5, 5.41) is 24.3. The van der Waals surface area contributed by atoms with Crippen LogP contribution in [-0.4, -0.2) is 15.9 Å². The molecule has 3 aromatic carbocycles. The van der Waals surface area contributed by atoms with Gasteiger partial charge in [0.1, 0.15) is 6.07 Å². The molecule has 1 N–H and O–H groups in total. The number of benzene rings is 3. The van der Waals surface area contributed by atoms with Crippen LogP contribution >= 0.6 is 11.3 Å². The van der Waals surface area contributed by atoms with Gasteiger partial charge in [-0.3, -0.25) is 4.79 Å². The maximum atomic E-state index is 11.7. The van der Waals surface area contributed by atoms with Gasteiger partial charge < -0.3 is 10.1 Å². The Balaban J connectivity index is 0.000000334. The fourth-order valence-electron chi connectivity index (χ4n) is 6.45. The Hall–Kier alpha value is -3.36. The van der Waals surface area contributed by atoms with Gasteiger partial charge >= 0.3 is 0 Å². The summed E-state index contributed by atoms with van der Waals surface area (Å²) in [6.45, 7) is 19.0. The number of nitriles is 1. The van der Waals surface area contributed by atoms with Crippen LogP contribution in [0.15, 0.2) is 60.5 Å². The molecular formula is C42H49IrN2O2S-. The fraction of sp³-hybridized carbons (Fsp3) is 0.405. The number of nitrogens with zero attached hydrogens (tertiary/aromatic N) is 2. The number of aromatic nitrogens is 1. The van der Waals surface area contributed by atoms with Crippen LogP contribution in [0.5, 0.6) is 0 Å². The molecule has 0 saturated carbocycles. The normalized spacial score (nSPS) is 11.9. The number of hydrogen-bond acceptors (Lipinski definition) is 5. The van der Waals surface area contributed by atoms with E-state index in [9.17, 15) is 15.2 Å². The molecule has 2 aromatic heterocycles. The third-order valence-corrected chi connectivity index (χ3v) is 10.0. The van der Waals surface area contributed by atoms with Crippen molar-refractivity contribution >= 4 is 48.1 Å². The van der Waals surface area contributed by atoms with Gasteiger partial charge in [-0.15, -0.1) is 46.2 Å². The minimum Gasteiger partial charge on any atom is -0.512 e. The van der Waals surface area contributed by atoms with E-state index in [1.165, 1.54) is 32.7 Å². The van der Waals surface area contributed by atoms with Gasteiger partial charge in [-0.05, 0) is 59.9 Å². The molecule has 6 heteroatoms. The van der Waals surface area contributed by atoms with Gasteiger partial charge in [0, 0.05) is 70.1 Å². The Kier molecular flexibility index (Phi) is 13.7. The van der Waals surface area contributed by atoms with Gasteiger partial charge in [0.2, 0.25) is 0 Å². The largest absolute Gasteiger partial charge is 0.512 e. The van der Waals surface area contributed by atoms with Crippen LogP contribution in [-0.2, 0) is 31.3 Å². The number of aliphatic hydroxyl groups is 1. The van der Waals surface area contributed by atoms with E-state index in [-0.39, 0.29) is 48.9 Å². The first kappa shape index (κ1) is 39.1. The molecule has 4 nitrogen and oxygen atoms in total. The van der Waals surface area contributed by atoms with Crippen molar-refractivity contribution in [2.75, 3.05) is 0 Å². The number of pyridine rings is 1. The number of ketones is 1. The van der Waals surface area contributed by atoms with Gasteiger partial charge in [0.05, 0.1) is 11.3 Å². The molecule has 48 heavy (non-hydrogen) atoms. The summed E-state index contributed by atoms with van der Waals surface area (Å²) in [5.41, 5.74) is 6.39. The standard InChI is InChI=1S/C29H25N2S.C13H24O2.Ir/c1-17-10-18(2)12-21(11-17)27-28-25(22(15-30)16-31-27)26-23-8-6-19(14-29(3,4)5)13-20(23)7-9-24(26)32-28;1-5-10(6-2)12(14)9-13(15)11(7-3)8-4;/h6-11,13,16H,14H2,1-5H3;9-11,14H,5-8H2,1-4H3;/q-1;;/b;12-9-;. The first-order valence-corrected chi connectivity index (χ1v) is 17.8. The van der Waals surface area contributed by atoms with Crippen LogP contribution in [0.25, 0.3) is 42.2 Å². The molecule has 0 fully saturated rings. The van der Waals surface area contributed by atoms with Gasteiger partial charge in [0.25, 0.3) is 0 Å². The van der Waals surface area contributed by atoms with Crippen molar-refractivity contribution in [1.29, 1.82) is 5.26 Å². The average Bonchev–Trinajstić information content (AvgIpc) is 3.41. The van der Waals surface area contributed by atoms with Crippen molar-refractivity contribution in [2.24, 2.45) is 17.3 Å². The number of hydrogen-bond donors (Lipinski definition) is 1. The monoisotopic (exact) mass is 838 g/mol. The maximum absolute atomic E-state index is 11.7. The molecular weight excluding hydrogens is 789 g/mol. The molecule has 0 amide bonds. The summed E-state index contributed by atoms with van der Waals surface area (Å²) < 4.78 is 2.25. The Morgan fingerprint density at radius 1 is 0.979 bits per heavy atom. The molecule has 0 aliphatic rings. The molecule has 255 valence electrons. The Bertz CT molecular complexity index is 1950. The molecule has 0 spiro atoms. The van der Waals surface area contributed by atoms with Crippen molar-refractivity contribution in [2.45, 2.75) is 94.4 Å². The number of fused-ring (bicyclic) bond motifs is 5. The van der Waals surface area contributed by atoms with Gasteiger partial charge in [-0.1, -0.05) is 86.6 Å². The van der Waals surface area contributed by atoms with Crippen molar-refractivity contribution < 1.29 is 30.0 Å². The molecule has 1 radical (unpaired) electrons. The van der Waals surface area contributed by atoms with Crippen molar-refractivity contribution in [1.82, 2.24) is 4.98 Å². The van der Waals surface area contributed by atoms with Crippen LogP contribution in [0.4, 0.5) is 0 Å². The number of carbonyl (C=O) groups is 1. The summed E-state index contributed by atoms with van der Waals surface area (Å²) in [5.74, 6) is 0.547. The average molecular weight is 838 g/mol. The second kappa shape index (κ2) is 16.8. The minimum absolute atomic E-state index is 0. The number of carbonyl (C=O) groups excluding carboxylic acids is 1. The molecule has 5 aromatic rings. The minimum atomic E-state index is 0. The predicted octanol–water partition coefficient (Wildman–Crippen LogP) is 12.0. The Morgan fingerprint density at radius 2 is 1.65 bits per heavy atom. The third kappa shape index (κ3) is 9.00. The van der Waals surface area contributed by atoms with Crippen LogP contribution < -0.4 is 0 Å². The van der Waals surface area contributed by atoms with Crippen LogP contribution in [0.1, 0.15) is 96.4 Å². The van der Waals surface area contributed by atoms with Crippen LogP contribution in [0.3, 0.4) is 0 Å². The van der Waals surface area contributed by atoms with Crippen molar-refractivity contribution in [3.63, 3.8) is 0 Å². The number of allylic oxidation sites excluding steroid dienone is 2. The molecule has 0 bridgehead atoms. The van der Waals surface area contributed by atoms with E-state index < -0.39 is 0 Å². The van der Waals surface area contributed by atoms with E-state index in [0.29, 0.717) is 5.56 Å². The summed E-state index contributed by atoms with van der Waals surface area (Å²) in [6.07, 6.45) is 7.66. The number of aliphatic hydroxyl groups excluding tert-OH is 1. The molecule has 2 heterocycles. The predicted molar refractivity (Wildman–Crippen MR) is 200 cm³/mol. The smallest absolute Gasteiger partial charge is 0.162 e. The van der Waals surface area contributed by atoms with Crippen LogP contribution in [0.2, 0.25) is 0 Å². The number of aryl methyl sites for hydroxylation is 2. The summed E-state index contributed by atoms with van der Waals surface area (Å²) >= 11 is 1.72. The van der Waals surface area contributed by atoms with Gasteiger partial charge in [-0.2, -0.15) is 5.26 Å². The second-order valence-electron chi connectivity index (χ2n) is 13.9. The summed E-state index contributed by atoms with van der Waals surface area (Å²) in [4.78, 5) is 16.4. The van der Waals surface area contributed by atoms with E-state index >= 15 is 0 Å². The van der Waals surface area contributed by atoms with E-state index in [2.05, 4.69) is 89.2 Å². The molecule has 0 atom stereocenters. The molecule has 0 aliphatic carbocycles. The van der Waals surface area contributed by atoms with E-state index in [1.54, 1.807) is 17.5 Å². The van der Waals surface area contributed by atoms with E-state index in [0.717, 1.165) is 64.4 Å². The Morgan fingerprint density at radius 3 is 2.23 bits per heavy atom. The fourth-order valence-corrected chi connectivity index (χ4v) is 7.70. The van der Waals surface area contributed by atoms with E-state index in [1.807, 2.05) is 27.7 Å². The molecule has 0 unspecified atom stereocenters. The number of rotatable bonds is 9.